The molecule has 0 bridgehead atoms. The van der Waals surface area contributed by atoms with E-state index >= 15 is 0 Å². The quantitative estimate of drug-likeness (QED) is 0.702. The largest absolute Gasteiger partial charge is 0.302 e. The summed E-state index contributed by atoms with van der Waals surface area (Å²) in [6.07, 6.45) is 3.99. The van der Waals surface area contributed by atoms with Crippen LogP contribution in [0.15, 0.2) is 48.5 Å². The molecule has 2 aromatic rings. The molecule has 0 spiro atoms. The number of rotatable bonds is 4. The van der Waals surface area contributed by atoms with Crippen molar-refractivity contribution in [1.29, 1.82) is 0 Å². The van der Waals surface area contributed by atoms with Gasteiger partial charge in [-0.05, 0) is 61.3 Å². The van der Waals surface area contributed by atoms with Crippen molar-refractivity contribution in [2.24, 2.45) is 0 Å². The standard InChI is InChI=1S/C19H21Cl2N/c20-17-8-4-15(5-9-17)19(14-22-12-2-1-3-13-22)16-6-10-18(21)11-7-16/h4-11,19H,1-3,12-14H2. The molecular formula is C19H21Cl2N. The van der Waals surface area contributed by atoms with Crippen LogP contribution in [0, 0.1) is 0 Å². The summed E-state index contributed by atoms with van der Waals surface area (Å²) in [5.41, 5.74) is 2.63. The van der Waals surface area contributed by atoms with Crippen LogP contribution in [0.2, 0.25) is 10.0 Å². The number of piperidine rings is 1. The second-order valence-electron chi connectivity index (χ2n) is 6.02. The summed E-state index contributed by atoms with van der Waals surface area (Å²) in [5.74, 6) is 0.368. The van der Waals surface area contributed by atoms with E-state index in [0.29, 0.717) is 5.92 Å². The van der Waals surface area contributed by atoms with Gasteiger partial charge in [-0.2, -0.15) is 0 Å². The van der Waals surface area contributed by atoms with Crippen molar-refractivity contribution >= 4 is 23.2 Å². The Morgan fingerprint density at radius 2 is 1.18 bits per heavy atom. The van der Waals surface area contributed by atoms with Gasteiger partial charge in [-0.3, -0.25) is 0 Å². The van der Waals surface area contributed by atoms with Crippen molar-refractivity contribution in [3.8, 4) is 0 Å². The lowest BCUT2D eigenvalue weighted by atomic mass is 9.90. The van der Waals surface area contributed by atoms with Gasteiger partial charge in [-0.1, -0.05) is 53.9 Å². The molecule has 1 heterocycles. The lowest BCUT2D eigenvalue weighted by Crippen LogP contribution is -2.33. The minimum Gasteiger partial charge on any atom is -0.302 e. The lowest BCUT2D eigenvalue weighted by molar-refractivity contribution is 0.222. The second-order valence-corrected chi connectivity index (χ2v) is 6.89. The first-order chi connectivity index (χ1) is 10.7. The van der Waals surface area contributed by atoms with Crippen LogP contribution in [-0.4, -0.2) is 24.5 Å². The molecule has 0 atom stereocenters. The monoisotopic (exact) mass is 333 g/mol. The third-order valence-corrected chi connectivity index (χ3v) is 4.94. The molecule has 3 heteroatoms. The number of nitrogens with zero attached hydrogens (tertiary/aromatic N) is 1. The SMILES string of the molecule is Clc1ccc(C(CN2CCCCC2)c2ccc(Cl)cc2)cc1. The maximum absolute atomic E-state index is 6.05. The highest BCUT2D eigenvalue weighted by Gasteiger charge is 2.19. The zero-order valence-corrected chi connectivity index (χ0v) is 14.2. The third-order valence-electron chi connectivity index (χ3n) is 4.43. The van der Waals surface area contributed by atoms with Crippen LogP contribution in [0.1, 0.15) is 36.3 Å². The van der Waals surface area contributed by atoms with E-state index in [0.717, 1.165) is 16.6 Å². The van der Waals surface area contributed by atoms with Gasteiger partial charge in [-0.15, -0.1) is 0 Å². The minimum atomic E-state index is 0.368. The number of likely N-dealkylation sites (tertiary alicyclic amines) is 1. The Kier molecular flexibility index (Phi) is 5.41. The summed E-state index contributed by atoms with van der Waals surface area (Å²) in [4.78, 5) is 2.58. The van der Waals surface area contributed by atoms with Crippen LogP contribution in [-0.2, 0) is 0 Å². The molecule has 0 amide bonds. The summed E-state index contributed by atoms with van der Waals surface area (Å²) in [6.45, 7) is 3.47. The Morgan fingerprint density at radius 3 is 1.64 bits per heavy atom. The van der Waals surface area contributed by atoms with Gasteiger partial charge in [0.15, 0.2) is 0 Å². The Hall–Kier alpha value is -1.02. The minimum absolute atomic E-state index is 0.368. The van der Waals surface area contributed by atoms with Gasteiger partial charge in [0.05, 0.1) is 0 Å². The molecule has 1 saturated heterocycles. The van der Waals surface area contributed by atoms with Crippen molar-refractivity contribution < 1.29 is 0 Å². The Morgan fingerprint density at radius 1 is 0.727 bits per heavy atom. The van der Waals surface area contributed by atoms with Gasteiger partial charge < -0.3 is 4.90 Å². The summed E-state index contributed by atoms with van der Waals surface area (Å²) in [5, 5.41) is 1.58. The first-order valence-electron chi connectivity index (χ1n) is 7.95. The summed E-state index contributed by atoms with van der Waals surface area (Å²) in [6, 6.07) is 16.5. The number of hydrogen-bond donors (Lipinski definition) is 0. The fourth-order valence-corrected chi connectivity index (χ4v) is 3.45. The summed E-state index contributed by atoms with van der Waals surface area (Å²) < 4.78 is 0. The summed E-state index contributed by atoms with van der Waals surface area (Å²) >= 11 is 12.1. The van der Waals surface area contributed by atoms with Crippen LogP contribution >= 0.6 is 23.2 Å². The van der Waals surface area contributed by atoms with Crippen molar-refractivity contribution in [3.63, 3.8) is 0 Å². The molecule has 0 radical (unpaired) electrons. The Balaban J connectivity index is 1.86. The highest BCUT2D eigenvalue weighted by molar-refractivity contribution is 6.30. The van der Waals surface area contributed by atoms with Gasteiger partial charge in [0, 0.05) is 22.5 Å². The van der Waals surface area contributed by atoms with Gasteiger partial charge in [0.1, 0.15) is 0 Å². The first-order valence-corrected chi connectivity index (χ1v) is 8.71. The van der Waals surface area contributed by atoms with E-state index < -0.39 is 0 Å². The second kappa shape index (κ2) is 7.50. The Bertz CT molecular complexity index is 540. The zero-order valence-electron chi connectivity index (χ0n) is 12.6. The normalized spacial score (nSPS) is 16.1. The lowest BCUT2D eigenvalue weighted by Gasteiger charge is -2.31. The van der Waals surface area contributed by atoms with Crippen LogP contribution in [0.25, 0.3) is 0 Å². The molecule has 22 heavy (non-hydrogen) atoms. The molecule has 3 rings (SSSR count). The van der Waals surface area contributed by atoms with E-state index in [9.17, 15) is 0 Å². The van der Waals surface area contributed by atoms with Gasteiger partial charge in [0.2, 0.25) is 0 Å². The molecule has 1 aliphatic heterocycles. The molecule has 0 N–H and O–H groups in total. The highest BCUT2D eigenvalue weighted by atomic mass is 35.5. The maximum Gasteiger partial charge on any atom is 0.0406 e. The predicted octanol–water partition coefficient (Wildman–Crippen LogP) is 5.61. The molecule has 0 aromatic heterocycles. The molecule has 0 saturated carbocycles. The average Bonchev–Trinajstić information content (AvgIpc) is 2.56. The van der Waals surface area contributed by atoms with E-state index in [1.165, 1.54) is 43.5 Å². The fourth-order valence-electron chi connectivity index (χ4n) is 3.19. The number of hydrogen-bond acceptors (Lipinski definition) is 1. The number of benzene rings is 2. The van der Waals surface area contributed by atoms with Gasteiger partial charge in [0.25, 0.3) is 0 Å². The smallest absolute Gasteiger partial charge is 0.0406 e. The molecule has 1 nitrogen and oxygen atoms in total. The van der Waals surface area contributed by atoms with Crippen molar-refractivity contribution in [2.75, 3.05) is 19.6 Å². The predicted molar refractivity (Wildman–Crippen MR) is 95.0 cm³/mol. The van der Waals surface area contributed by atoms with E-state index in [1.807, 2.05) is 24.3 Å². The van der Waals surface area contributed by atoms with Crippen molar-refractivity contribution in [3.05, 3.63) is 69.7 Å². The molecule has 0 aliphatic carbocycles. The third kappa shape index (κ3) is 4.04. The topological polar surface area (TPSA) is 3.24 Å². The van der Waals surface area contributed by atoms with Gasteiger partial charge >= 0.3 is 0 Å². The molecule has 1 aliphatic rings. The fraction of sp³-hybridized carbons (Fsp3) is 0.368. The van der Waals surface area contributed by atoms with Crippen LogP contribution < -0.4 is 0 Å². The van der Waals surface area contributed by atoms with E-state index in [2.05, 4.69) is 29.2 Å². The van der Waals surface area contributed by atoms with E-state index in [-0.39, 0.29) is 0 Å². The highest BCUT2D eigenvalue weighted by Crippen LogP contribution is 2.29. The molecule has 116 valence electrons. The van der Waals surface area contributed by atoms with Crippen LogP contribution in [0.5, 0.6) is 0 Å². The summed E-state index contributed by atoms with van der Waals surface area (Å²) in [7, 11) is 0. The molecule has 2 aromatic carbocycles. The van der Waals surface area contributed by atoms with E-state index in [4.69, 9.17) is 23.2 Å². The van der Waals surface area contributed by atoms with Crippen molar-refractivity contribution in [1.82, 2.24) is 4.90 Å². The van der Waals surface area contributed by atoms with Gasteiger partial charge in [-0.25, -0.2) is 0 Å². The zero-order chi connectivity index (χ0) is 15.4. The molecule has 1 fully saturated rings. The first kappa shape index (κ1) is 15.9. The van der Waals surface area contributed by atoms with E-state index in [1.54, 1.807) is 0 Å². The Labute approximate surface area is 142 Å². The number of halogens is 2. The maximum atomic E-state index is 6.05. The molecule has 0 unspecified atom stereocenters. The molecular weight excluding hydrogens is 313 g/mol. The van der Waals surface area contributed by atoms with Crippen molar-refractivity contribution in [2.45, 2.75) is 25.2 Å². The van der Waals surface area contributed by atoms with Crippen LogP contribution in [0.3, 0.4) is 0 Å². The van der Waals surface area contributed by atoms with Crippen LogP contribution in [0.4, 0.5) is 0 Å². The average molecular weight is 334 g/mol.